The van der Waals surface area contributed by atoms with E-state index < -0.39 is 36.6 Å². The molecule has 0 saturated carbocycles. The lowest BCUT2D eigenvalue weighted by atomic mass is 9.98. The fraction of sp³-hybridized carbons (Fsp3) is 0.269. The number of pyridine rings is 1. The predicted molar refractivity (Wildman–Crippen MR) is 138 cm³/mol. The van der Waals surface area contributed by atoms with Crippen LogP contribution in [-0.2, 0) is 10.4 Å². The quantitative estimate of drug-likeness (QED) is 0.314. The monoisotopic (exact) mass is 563 g/mol. The van der Waals surface area contributed by atoms with Gasteiger partial charge in [-0.05, 0) is 48.5 Å². The molecular formula is C26H24Cl2FN3O6. The summed E-state index contributed by atoms with van der Waals surface area (Å²) in [5, 5.41) is 26.4. The molecule has 4 N–H and O–H groups in total. The number of hydrogen-bond acceptors (Lipinski definition) is 7. The molecule has 1 aliphatic heterocycles. The highest BCUT2D eigenvalue weighted by atomic mass is 35.5. The van der Waals surface area contributed by atoms with Gasteiger partial charge in [0.1, 0.15) is 28.6 Å². The smallest absolute Gasteiger partial charge is 0.261 e. The first-order valence-electron chi connectivity index (χ1n) is 11.5. The van der Waals surface area contributed by atoms with Gasteiger partial charge in [0.25, 0.3) is 11.8 Å². The molecule has 1 aliphatic rings. The highest BCUT2D eigenvalue weighted by Gasteiger charge is 2.32. The molecule has 1 aromatic heterocycles. The van der Waals surface area contributed by atoms with Crippen molar-refractivity contribution in [3.05, 3.63) is 75.7 Å². The standard InChI is InChI=1S/C26H24Cl2FN3O6/c1-37-20-6-7-22(32-23(20)14-2-4-18(29)16(27)10-14)26(36,13-33)12-31-24(34)15-3-5-19(17(28)11-15)38-21-8-9-30-25(21)35/h2-7,10-11,21,33,36H,8-9,12-13H2,1H3,(H,30,35)(H,31,34). The van der Waals surface area contributed by atoms with Gasteiger partial charge >= 0.3 is 0 Å². The molecule has 1 saturated heterocycles. The Balaban J connectivity index is 1.51. The van der Waals surface area contributed by atoms with Crippen molar-refractivity contribution in [2.45, 2.75) is 18.1 Å². The molecule has 0 spiro atoms. The summed E-state index contributed by atoms with van der Waals surface area (Å²) in [5.41, 5.74) is -1.09. The second-order valence-corrected chi connectivity index (χ2v) is 9.39. The van der Waals surface area contributed by atoms with Gasteiger partial charge in [0, 0.05) is 24.1 Å². The topological polar surface area (TPSA) is 130 Å². The van der Waals surface area contributed by atoms with Crippen molar-refractivity contribution in [1.29, 1.82) is 0 Å². The number of hydrogen-bond donors (Lipinski definition) is 4. The lowest BCUT2D eigenvalue weighted by Crippen LogP contribution is -2.44. The molecule has 200 valence electrons. The summed E-state index contributed by atoms with van der Waals surface area (Å²) in [4.78, 5) is 29.0. The number of aliphatic hydroxyl groups excluding tert-OH is 1. The van der Waals surface area contributed by atoms with Crippen LogP contribution >= 0.6 is 23.2 Å². The number of amides is 2. The number of benzene rings is 2. The summed E-state index contributed by atoms with van der Waals surface area (Å²) in [5.74, 6) is -0.836. The molecule has 38 heavy (non-hydrogen) atoms. The third kappa shape index (κ3) is 5.83. The van der Waals surface area contributed by atoms with Gasteiger partial charge in [-0.15, -0.1) is 0 Å². The Labute approximate surface area is 227 Å². The SMILES string of the molecule is COc1ccc(C(O)(CO)CNC(=O)c2ccc(OC3CCNC3=O)c(Cl)c2)nc1-c1ccc(F)c(Cl)c1. The molecule has 12 heteroatoms. The van der Waals surface area contributed by atoms with E-state index in [1.54, 1.807) is 0 Å². The van der Waals surface area contributed by atoms with Gasteiger partial charge in [0.2, 0.25) is 0 Å². The molecular weight excluding hydrogens is 540 g/mol. The van der Waals surface area contributed by atoms with Crippen molar-refractivity contribution in [1.82, 2.24) is 15.6 Å². The summed E-state index contributed by atoms with van der Waals surface area (Å²) >= 11 is 12.2. The van der Waals surface area contributed by atoms with Gasteiger partial charge < -0.3 is 30.3 Å². The number of aliphatic hydroxyl groups is 2. The van der Waals surface area contributed by atoms with Crippen LogP contribution in [0.1, 0.15) is 22.5 Å². The molecule has 2 heterocycles. The normalized spacial score (nSPS) is 16.5. The molecule has 2 amide bonds. The van der Waals surface area contributed by atoms with Crippen molar-refractivity contribution in [3.8, 4) is 22.8 Å². The lowest BCUT2D eigenvalue weighted by Gasteiger charge is -2.26. The van der Waals surface area contributed by atoms with Crippen molar-refractivity contribution in [2.24, 2.45) is 0 Å². The number of aromatic nitrogens is 1. The summed E-state index contributed by atoms with van der Waals surface area (Å²) in [7, 11) is 1.42. The second-order valence-electron chi connectivity index (χ2n) is 8.58. The molecule has 1 fully saturated rings. The van der Waals surface area contributed by atoms with E-state index in [4.69, 9.17) is 32.7 Å². The van der Waals surface area contributed by atoms with E-state index in [0.29, 0.717) is 24.3 Å². The van der Waals surface area contributed by atoms with Crippen LogP contribution in [0.25, 0.3) is 11.3 Å². The number of carbonyl (C=O) groups is 2. The Bertz CT molecular complexity index is 1370. The first kappa shape index (κ1) is 27.6. The van der Waals surface area contributed by atoms with Crippen LogP contribution in [0.5, 0.6) is 11.5 Å². The highest BCUT2D eigenvalue weighted by Crippen LogP contribution is 2.33. The van der Waals surface area contributed by atoms with E-state index in [1.807, 2.05) is 0 Å². The lowest BCUT2D eigenvalue weighted by molar-refractivity contribution is -0.124. The number of nitrogens with one attached hydrogen (secondary N) is 2. The molecule has 2 unspecified atom stereocenters. The third-order valence-electron chi connectivity index (χ3n) is 6.01. The van der Waals surface area contributed by atoms with E-state index in [9.17, 15) is 24.2 Å². The summed E-state index contributed by atoms with van der Waals surface area (Å²) < 4.78 is 24.6. The molecule has 0 bridgehead atoms. The second kappa shape index (κ2) is 11.5. The maximum Gasteiger partial charge on any atom is 0.261 e. The van der Waals surface area contributed by atoms with Crippen molar-refractivity contribution in [2.75, 3.05) is 26.8 Å². The van der Waals surface area contributed by atoms with Crippen molar-refractivity contribution >= 4 is 35.0 Å². The Morgan fingerprint density at radius 1 is 1.18 bits per heavy atom. The number of ether oxygens (including phenoxy) is 2. The van der Waals surface area contributed by atoms with E-state index in [0.717, 1.165) is 0 Å². The first-order valence-corrected chi connectivity index (χ1v) is 12.3. The number of halogens is 3. The van der Waals surface area contributed by atoms with E-state index in [-0.39, 0.29) is 38.7 Å². The predicted octanol–water partition coefficient (Wildman–Crippen LogP) is 3.08. The number of nitrogens with zero attached hydrogens (tertiary/aromatic N) is 1. The molecule has 0 aliphatic carbocycles. The average Bonchev–Trinajstić information content (AvgIpc) is 3.33. The fourth-order valence-electron chi connectivity index (χ4n) is 3.85. The van der Waals surface area contributed by atoms with E-state index >= 15 is 0 Å². The third-order valence-corrected chi connectivity index (χ3v) is 6.60. The Hall–Kier alpha value is -3.44. The van der Waals surface area contributed by atoms with Crippen LogP contribution in [0.2, 0.25) is 10.0 Å². The van der Waals surface area contributed by atoms with Crippen LogP contribution < -0.4 is 20.1 Å². The highest BCUT2D eigenvalue weighted by molar-refractivity contribution is 6.32. The Morgan fingerprint density at radius 2 is 1.95 bits per heavy atom. The van der Waals surface area contributed by atoms with Gasteiger partial charge in [-0.3, -0.25) is 9.59 Å². The van der Waals surface area contributed by atoms with Crippen LogP contribution in [0.15, 0.2) is 48.5 Å². The molecule has 0 radical (unpaired) electrons. The summed E-state index contributed by atoms with van der Waals surface area (Å²) in [6.07, 6.45) is -0.147. The van der Waals surface area contributed by atoms with E-state index in [2.05, 4.69) is 15.6 Å². The Morgan fingerprint density at radius 3 is 2.58 bits per heavy atom. The van der Waals surface area contributed by atoms with E-state index in [1.165, 1.54) is 55.6 Å². The molecule has 4 rings (SSSR count). The maximum absolute atomic E-state index is 13.7. The minimum Gasteiger partial charge on any atom is -0.494 e. The van der Waals surface area contributed by atoms with Gasteiger partial charge in [-0.2, -0.15) is 0 Å². The van der Waals surface area contributed by atoms with Crippen LogP contribution in [0.4, 0.5) is 4.39 Å². The number of carbonyl (C=O) groups excluding carboxylic acids is 2. The van der Waals surface area contributed by atoms with Crippen LogP contribution in [0, 0.1) is 5.82 Å². The van der Waals surface area contributed by atoms with Crippen LogP contribution in [0.3, 0.4) is 0 Å². The van der Waals surface area contributed by atoms with Gasteiger partial charge in [-0.25, -0.2) is 9.37 Å². The summed E-state index contributed by atoms with van der Waals surface area (Å²) in [6, 6.07) is 11.3. The summed E-state index contributed by atoms with van der Waals surface area (Å²) in [6.45, 7) is -0.659. The molecule has 3 aromatic rings. The Kier molecular flexibility index (Phi) is 8.37. The molecule has 9 nitrogen and oxygen atoms in total. The van der Waals surface area contributed by atoms with Gasteiger partial charge in [0.15, 0.2) is 6.10 Å². The maximum atomic E-state index is 13.7. The van der Waals surface area contributed by atoms with Gasteiger partial charge in [0.05, 0.1) is 36.0 Å². The minimum atomic E-state index is -1.97. The zero-order valence-electron chi connectivity index (χ0n) is 20.1. The zero-order valence-corrected chi connectivity index (χ0v) is 21.6. The molecule has 2 atom stereocenters. The van der Waals surface area contributed by atoms with Crippen molar-refractivity contribution in [3.63, 3.8) is 0 Å². The zero-order chi connectivity index (χ0) is 27.4. The van der Waals surface area contributed by atoms with Crippen molar-refractivity contribution < 1.29 is 33.7 Å². The van der Waals surface area contributed by atoms with Crippen LogP contribution in [-0.4, -0.2) is 59.9 Å². The van der Waals surface area contributed by atoms with Gasteiger partial charge in [-0.1, -0.05) is 23.2 Å². The largest absolute Gasteiger partial charge is 0.494 e. The first-order chi connectivity index (χ1) is 18.1. The fourth-order valence-corrected chi connectivity index (χ4v) is 4.26. The minimum absolute atomic E-state index is 0.0353. The average molecular weight is 564 g/mol. The molecule has 2 aromatic carbocycles. The number of rotatable bonds is 9. The number of methoxy groups -OCH3 is 1.